The molecular weight excluding hydrogens is 237 g/mol. The largest absolute Gasteiger partial charge is 0.416 e. The number of hydrogen-bond donors (Lipinski definition) is 0. The highest BCUT2D eigenvalue weighted by Crippen LogP contribution is 2.40. The van der Waals surface area contributed by atoms with Crippen molar-refractivity contribution < 1.29 is 13.2 Å². The predicted molar refractivity (Wildman–Crippen MR) is 66.8 cm³/mol. The summed E-state index contributed by atoms with van der Waals surface area (Å²) >= 11 is 0. The summed E-state index contributed by atoms with van der Waals surface area (Å²) in [5.74, 6) is 0. The Hall–Kier alpha value is -0.990. The molecule has 100 valence electrons. The zero-order chi connectivity index (χ0) is 13.6. The highest BCUT2D eigenvalue weighted by Gasteiger charge is 2.37. The molecule has 0 aromatic heterocycles. The van der Waals surface area contributed by atoms with Crippen LogP contribution in [0.4, 0.5) is 13.2 Å². The zero-order valence-corrected chi connectivity index (χ0v) is 11.1. The molecule has 1 aliphatic carbocycles. The minimum Gasteiger partial charge on any atom is -0.166 e. The van der Waals surface area contributed by atoms with E-state index in [9.17, 15) is 13.2 Å². The summed E-state index contributed by atoms with van der Waals surface area (Å²) in [5.41, 5.74) is 1.50. The van der Waals surface area contributed by atoms with Gasteiger partial charge >= 0.3 is 6.18 Å². The molecule has 3 heteroatoms. The third kappa shape index (κ3) is 2.55. The second-order valence-corrected chi connectivity index (χ2v) is 6.12. The van der Waals surface area contributed by atoms with Gasteiger partial charge < -0.3 is 0 Å². The molecule has 0 N–H and O–H groups in total. The van der Waals surface area contributed by atoms with E-state index < -0.39 is 17.2 Å². The summed E-state index contributed by atoms with van der Waals surface area (Å²) in [6.45, 7) is 5.52. The quantitative estimate of drug-likeness (QED) is 0.620. The smallest absolute Gasteiger partial charge is 0.166 e. The lowest BCUT2D eigenvalue weighted by Crippen LogP contribution is -2.21. The first kappa shape index (κ1) is 13.4. The van der Waals surface area contributed by atoms with E-state index in [0.717, 1.165) is 36.8 Å². The molecule has 0 saturated heterocycles. The molecule has 1 aromatic rings. The van der Waals surface area contributed by atoms with E-state index in [2.05, 4.69) is 0 Å². The summed E-state index contributed by atoms with van der Waals surface area (Å²) in [7, 11) is 0. The van der Waals surface area contributed by atoms with Gasteiger partial charge in [0.2, 0.25) is 0 Å². The zero-order valence-electron chi connectivity index (χ0n) is 11.1. The van der Waals surface area contributed by atoms with E-state index in [4.69, 9.17) is 0 Å². The summed E-state index contributed by atoms with van der Waals surface area (Å²) in [6, 6.07) is 3.17. The maximum atomic E-state index is 13.1. The van der Waals surface area contributed by atoms with Crippen LogP contribution in [0.25, 0.3) is 0 Å². The van der Waals surface area contributed by atoms with Crippen LogP contribution in [0.5, 0.6) is 0 Å². The van der Waals surface area contributed by atoms with Crippen LogP contribution in [0.15, 0.2) is 12.1 Å². The molecule has 0 radical (unpaired) electrons. The molecular formula is C15H19F3. The Morgan fingerprint density at radius 1 is 0.833 bits per heavy atom. The maximum absolute atomic E-state index is 13.1. The maximum Gasteiger partial charge on any atom is 0.416 e. The van der Waals surface area contributed by atoms with Gasteiger partial charge in [-0.2, -0.15) is 13.2 Å². The Morgan fingerprint density at radius 2 is 1.28 bits per heavy atom. The van der Waals surface area contributed by atoms with Crippen LogP contribution in [-0.2, 0) is 24.4 Å². The molecule has 0 spiro atoms. The number of benzene rings is 1. The van der Waals surface area contributed by atoms with Crippen LogP contribution in [-0.4, -0.2) is 0 Å². The van der Waals surface area contributed by atoms with Crippen LogP contribution >= 0.6 is 0 Å². The first-order chi connectivity index (χ1) is 8.19. The van der Waals surface area contributed by atoms with Crippen molar-refractivity contribution in [3.05, 3.63) is 34.4 Å². The van der Waals surface area contributed by atoms with Gasteiger partial charge in [-0.25, -0.2) is 0 Å². The third-order valence-electron chi connectivity index (χ3n) is 3.60. The van der Waals surface area contributed by atoms with Crippen LogP contribution in [0, 0.1) is 0 Å². The van der Waals surface area contributed by atoms with Gasteiger partial charge in [0.1, 0.15) is 0 Å². The number of halogens is 3. The molecule has 0 aliphatic heterocycles. The van der Waals surface area contributed by atoms with Crippen LogP contribution < -0.4 is 0 Å². The van der Waals surface area contributed by atoms with E-state index >= 15 is 0 Å². The SMILES string of the molecule is CC(C)(C)c1cc2c(cc1C(F)(F)F)CCCC2. The van der Waals surface area contributed by atoms with E-state index in [1.54, 1.807) is 6.07 Å². The normalized spacial score (nSPS) is 16.6. The van der Waals surface area contributed by atoms with Gasteiger partial charge in [-0.3, -0.25) is 0 Å². The molecule has 2 rings (SSSR count). The molecule has 0 amide bonds. The minimum atomic E-state index is -4.25. The molecule has 1 aliphatic rings. The first-order valence-electron chi connectivity index (χ1n) is 6.43. The molecule has 0 saturated carbocycles. The van der Waals surface area contributed by atoms with E-state index in [1.807, 2.05) is 20.8 Å². The summed E-state index contributed by atoms with van der Waals surface area (Å²) in [6.07, 6.45) is -0.477. The predicted octanol–water partition coefficient (Wildman–Crippen LogP) is 4.88. The van der Waals surface area contributed by atoms with Crippen LogP contribution in [0.1, 0.15) is 55.9 Å². The minimum absolute atomic E-state index is 0.427. The number of fused-ring (bicyclic) bond motifs is 1. The lowest BCUT2D eigenvalue weighted by atomic mass is 9.79. The standard InChI is InChI=1S/C15H19F3/c1-14(2,3)12-8-10-6-4-5-7-11(10)9-13(12)15(16,17)18/h8-9H,4-7H2,1-3H3. The lowest BCUT2D eigenvalue weighted by Gasteiger charge is -2.28. The third-order valence-corrected chi connectivity index (χ3v) is 3.60. The second kappa shape index (κ2) is 4.29. The van der Waals surface area contributed by atoms with Crippen molar-refractivity contribution in [2.24, 2.45) is 0 Å². The van der Waals surface area contributed by atoms with Gasteiger partial charge in [-0.05, 0) is 53.9 Å². The highest BCUT2D eigenvalue weighted by molar-refractivity contribution is 5.44. The fourth-order valence-electron chi connectivity index (χ4n) is 2.64. The molecule has 1 aromatic carbocycles. The number of rotatable bonds is 0. The van der Waals surface area contributed by atoms with Crippen molar-refractivity contribution in [3.63, 3.8) is 0 Å². The molecule has 0 fully saturated rings. The van der Waals surface area contributed by atoms with Crippen molar-refractivity contribution in [1.82, 2.24) is 0 Å². The van der Waals surface area contributed by atoms with Gasteiger partial charge in [0.25, 0.3) is 0 Å². The molecule has 0 unspecified atom stereocenters. The number of hydrogen-bond acceptors (Lipinski definition) is 0. The topological polar surface area (TPSA) is 0 Å². The average molecular weight is 256 g/mol. The summed E-state index contributed by atoms with van der Waals surface area (Å²) < 4.78 is 39.4. The van der Waals surface area contributed by atoms with Crippen molar-refractivity contribution in [2.75, 3.05) is 0 Å². The van der Waals surface area contributed by atoms with Gasteiger partial charge in [0, 0.05) is 0 Å². The van der Waals surface area contributed by atoms with Gasteiger partial charge in [0.05, 0.1) is 5.56 Å². The first-order valence-corrected chi connectivity index (χ1v) is 6.43. The second-order valence-electron chi connectivity index (χ2n) is 6.12. The van der Waals surface area contributed by atoms with E-state index in [1.165, 1.54) is 6.07 Å². The molecule has 0 nitrogen and oxygen atoms in total. The average Bonchev–Trinajstić information content (AvgIpc) is 2.25. The summed E-state index contributed by atoms with van der Waals surface area (Å²) in [5, 5.41) is 0. The molecule has 18 heavy (non-hydrogen) atoms. The van der Waals surface area contributed by atoms with Gasteiger partial charge in [-0.15, -0.1) is 0 Å². The Bertz CT molecular complexity index is 407. The monoisotopic (exact) mass is 256 g/mol. The van der Waals surface area contributed by atoms with Crippen LogP contribution in [0.3, 0.4) is 0 Å². The Labute approximate surface area is 106 Å². The van der Waals surface area contributed by atoms with Gasteiger partial charge in [0.15, 0.2) is 0 Å². The Balaban J connectivity index is 2.63. The van der Waals surface area contributed by atoms with Crippen LogP contribution in [0.2, 0.25) is 0 Å². The number of alkyl halides is 3. The molecule has 0 atom stereocenters. The van der Waals surface area contributed by atoms with Gasteiger partial charge in [-0.1, -0.05) is 26.8 Å². The fourth-order valence-corrected chi connectivity index (χ4v) is 2.64. The highest BCUT2D eigenvalue weighted by atomic mass is 19.4. The Kier molecular flexibility index (Phi) is 3.20. The number of aryl methyl sites for hydroxylation is 2. The lowest BCUT2D eigenvalue weighted by molar-refractivity contribution is -0.138. The van der Waals surface area contributed by atoms with E-state index in [-0.39, 0.29) is 0 Å². The fraction of sp³-hybridized carbons (Fsp3) is 0.600. The van der Waals surface area contributed by atoms with Crippen molar-refractivity contribution in [2.45, 2.75) is 58.0 Å². The van der Waals surface area contributed by atoms with Crippen molar-refractivity contribution in [1.29, 1.82) is 0 Å². The van der Waals surface area contributed by atoms with E-state index in [0.29, 0.717) is 5.56 Å². The molecule has 0 heterocycles. The van der Waals surface area contributed by atoms with Crippen molar-refractivity contribution in [3.8, 4) is 0 Å². The summed E-state index contributed by atoms with van der Waals surface area (Å²) in [4.78, 5) is 0. The molecule has 0 bridgehead atoms. The Morgan fingerprint density at radius 3 is 1.67 bits per heavy atom. The van der Waals surface area contributed by atoms with Crippen molar-refractivity contribution >= 4 is 0 Å².